The van der Waals surface area contributed by atoms with Gasteiger partial charge in [-0.05, 0) is 19.3 Å². The lowest BCUT2D eigenvalue weighted by molar-refractivity contribution is -0.177. The maximum atomic E-state index is 12.4. The molecule has 1 saturated heterocycles. The molecule has 0 aromatic heterocycles. The molecule has 1 aliphatic carbocycles. The Morgan fingerprint density at radius 2 is 1.77 bits per heavy atom. The van der Waals surface area contributed by atoms with Crippen molar-refractivity contribution >= 4 is 21.9 Å². The van der Waals surface area contributed by atoms with E-state index in [0.717, 1.165) is 11.1 Å². The summed E-state index contributed by atoms with van der Waals surface area (Å²) in [6.07, 6.45) is 2.25. The number of esters is 1. The lowest BCUT2D eigenvalue weighted by atomic mass is 9.78. The third-order valence-electron chi connectivity index (χ3n) is 5.03. The minimum absolute atomic E-state index is 0.105. The molecule has 2 rings (SSSR count). The summed E-state index contributed by atoms with van der Waals surface area (Å²) in [5, 5.41) is 0. The average Bonchev–Trinajstić information content (AvgIpc) is 2.52. The maximum absolute atomic E-state index is 12.4. The Bertz CT molecular complexity index is 639. The first kappa shape index (κ1) is 20.9. The van der Waals surface area contributed by atoms with E-state index >= 15 is 0 Å². The van der Waals surface area contributed by atoms with Crippen molar-refractivity contribution in [1.29, 1.82) is 0 Å². The topological polar surface area (TPSA) is 98.8 Å². The number of nitrogens with one attached hydrogen (secondary N) is 1. The summed E-state index contributed by atoms with van der Waals surface area (Å²) < 4.78 is 71.1. The number of halogens is 3. The van der Waals surface area contributed by atoms with Gasteiger partial charge in [-0.1, -0.05) is 19.8 Å². The summed E-state index contributed by atoms with van der Waals surface area (Å²) in [6.45, 7) is 2.94. The molecule has 1 saturated carbocycles. The van der Waals surface area contributed by atoms with Crippen LogP contribution in [0.4, 0.5) is 13.2 Å². The second-order valence-electron chi connectivity index (χ2n) is 6.87. The zero-order valence-corrected chi connectivity index (χ0v) is 15.1. The lowest BCUT2D eigenvalue weighted by Gasteiger charge is -2.40. The van der Waals surface area contributed by atoms with E-state index in [1.54, 1.807) is 0 Å². The van der Waals surface area contributed by atoms with Crippen LogP contribution in [0.15, 0.2) is 0 Å². The fraction of sp³-hybridized carbons (Fsp3) is 0.867. The number of carbonyl (C=O) groups excluding carboxylic acids is 2. The van der Waals surface area contributed by atoms with Gasteiger partial charge in [0.1, 0.15) is 6.61 Å². The summed E-state index contributed by atoms with van der Waals surface area (Å²) in [6, 6.07) is 0. The van der Waals surface area contributed by atoms with Gasteiger partial charge >= 0.3 is 21.5 Å². The predicted octanol–water partition coefficient (Wildman–Crippen LogP) is 1.73. The van der Waals surface area contributed by atoms with E-state index in [1.807, 2.05) is 6.92 Å². The van der Waals surface area contributed by atoms with E-state index in [1.165, 1.54) is 0 Å². The minimum atomic E-state index is -5.80. The fourth-order valence-electron chi connectivity index (χ4n) is 3.10. The highest BCUT2D eigenvalue weighted by Crippen LogP contribution is 2.35. The summed E-state index contributed by atoms with van der Waals surface area (Å²) in [4.78, 5) is 24.4. The van der Waals surface area contributed by atoms with Gasteiger partial charge in [0.2, 0.25) is 5.91 Å². The van der Waals surface area contributed by atoms with Crippen molar-refractivity contribution in [3.63, 3.8) is 0 Å². The van der Waals surface area contributed by atoms with Crippen molar-refractivity contribution in [1.82, 2.24) is 4.72 Å². The van der Waals surface area contributed by atoms with E-state index in [-0.39, 0.29) is 24.9 Å². The summed E-state index contributed by atoms with van der Waals surface area (Å²) >= 11 is 0. The van der Waals surface area contributed by atoms with E-state index in [9.17, 15) is 31.2 Å². The van der Waals surface area contributed by atoms with Crippen molar-refractivity contribution in [3.05, 3.63) is 0 Å². The molecule has 1 N–H and O–H groups in total. The molecule has 0 aromatic rings. The normalized spacial score (nSPS) is 25.8. The molecular formula is C15H22F3NO6S. The first-order valence-electron chi connectivity index (χ1n) is 8.39. The SMILES string of the molecule is CCC1(COC(=O)C2CCCCC2C(=O)NS(=O)(=O)C(F)(F)F)COC1. The van der Waals surface area contributed by atoms with Crippen molar-refractivity contribution in [3.8, 4) is 0 Å². The summed E-state index contributed by atoms with van der Waals surface area (Å²) in [5.41, 5.74) is -5.85. The van der Waals surface area contributed by atoms with Crippen LogP contribution in [0.5, 0.6) is 0 Å². The maximum Gasteiger partial charge on any atom is 0.516 e. The summed E-state index contributed by atoms with van der Waals surface area (Å²) in [5.74, 6) is -4.12. The summed E-state index contributed by atoms with van der Waals surface area (Å²) in [7, 11) is -5.80. The van der Waals surface area contributed by atoms with Crippen molar-refractivity contribution in [2.75, 3.05) is 19.8 Å². The van der Waals surface area contributed by atoms with Crippen LogP contribution in [0.3, 0.4) is 0 Å². The third kappa shape index (κ3) is 4.48. The highest BCUT2D eigenvalue weighted by atomic mass is 32.2. The molecule has 11 heteroatoms. The zero-order chi connectivity index (χ0) is 19.6. The molecule has 1 amide bonds. The third-order valence-corrected chi connectivity index (χ3v) is 6.11. The van der Waals surface area contributed by atoms with Gasteiger partial charge in [-0.3, -0.25) is 9.59 Å². The van der Waals surface area contributed by atoms with Crippen LogP contribution in [-0.4, -0.2) is 45.6 Å². The van der Waals surface area contributed by atoms with Gasteiger partial charge in [-0.15, -0.1) is 0 Å². The van der Waals surface area contributed by atoms with Gasteiger partial charge in [-0.25, -0.2) is 4.72 Å². The molecule has 7 nitrogen and oxygen atoms in total. The average molecular weight is 401 g/mol. The molecule has 0 spiro atoms. The molecule has 2 unspecified atom stereocenters. The van der Waals surface area contributed by atoms with Crippen molar-refractivity contribution in [2.24, 2.45) is 17.3 Å². The Balaban J connectivity index is 2.02. The number of carbonyl (C=O) groups is 2. The van der Waals surface area contributed by atoms with Crippen LogP contribution in [0, 0.1) is 17.3 Å². The number of sulfonamides is 1. The van der Waals surface area contributed by atoms with Crippen LogP contribution in [0.2, 0.25) is 0 Å². The lowest BCUT2D eigenvalue weighted by Crippen LogP contribution is -2.48. The molecular weight excluding hydrogens is 379 g/mol. The Kier molecular flexibility index (Phi) is 6.21. The Hall–Kier alpha value is -1.36. The largest absolute Gasteiger partial charge is 0.516 e. The van der Waals surface area contributed by atoms with Gasteiger partial charge < -0.3 is 9.47 Å². The van der Waals surface area contributed by atoms with Gasteiger partial charge in [-0.2, -0.15) is 21.6 Å². The van der Waals surface area contributed by atoms with Crippen LogP contribution in [-0.2, 0) is 29.1 Å². The van der Waals surface area contributed by atoms with E-state index in [2.05, 4.69) is 0 Å². The molecule has 1 heterocycles. The molecule has 0 bridgehead atoms. The van der Waals surface area contributed by atoms with Crippen LogP contribution in [0.25, 0.3) is 0 Å². The zero-order valence-electron chi connectivity index (χ0n) is 14.3. The first-order valence-corrected chi connectivity index (χ1v) is 9.87. The molecule has 1 aliphatic heterocycles. The van der Waals surface area contributed by atoms with Crippen LogP contribution >= 0.6 is 0 Å². The van der Waals surface area contributed by atoms with Gasteiger partial charge in [0.05, 0.1) is 30.5 Å². The predicted molar refractivity (Wildman–Crippen MR) is 83.1 cm³/mol. The molecule has 0 aromatic carbocycles. The number of alkyl halides is 3. The number of rotatable bonds is 6. The molecule has 2 fully saturated rings. The number of hydrogen-bond acceptors (Lipinski definition) is 6. The van der Waals surface area contributed by atoms with Crippen molar-refractivity contribution < 1.29 is 40.7 Å². The first-order chi connectivity index (χ1) is 12.0. The van der Waals surface area contributed by atoms with E-state index in [4.69, 9.17) is 9.47 Å². The molecule has 26 heavy (non-hydrogen) atoms. The quantitative estimate of drug-likeness (QED) is 0.681. The molecule has 2 aliphatic rings. The van der Waals surface area contributed by atoms with Crippen LogP contribution in [0.1, 0.15) is 39.0 Å². The number of amides is 1. The van der Waals surface area contributed by atoms with Gasteiger partial charge in [0.25, 0.3) is 0 Å². The highest BCUT2D eigenvalue weighted by Gasteiger charge is 2.49. The highest BCUT2D eigenvalue weighted by molar-refractivity contribution is 7.90. The monoisotopic (exact) mass is 401 g/mol. The van der Waals surface area contributed by atoms with Gasteiger partial charge in [0, 0.05) is 0 Å². The van der Waals surface area contributed by atoms with E-state index in [0.29, 0.717) is 26.1 Å². The molecule has 2 atom stereocenters. The Morgan fingerprint density at radius 3 is 2.23 bits per heavy atom. The van der Waals surface area contributed by atoms with Crippen LogP contribution < -0.4 is 4.72 Å². The Labute approximate surface area is 149 Å². The standard InChI is InChI=1S/C15H22F3NO6S/c1-2-14(7-24-8-14)9-25-13(21)11-6-4-3-5-10(11)12(20)19-26(22,23)15(16,17)18/h10-11H,2-9H2,1H3,(H,19,20). The second kappa shape index (κ2) is 7.71. The minimum Gasteiger partial charge on any atom is -0.465 e. The second-order valence-corrected chi connectivity index (χ2v) is 8.54. The van der Waals surface area contributed by atoms with Crippen molar-refractivity contribution in [2.45, 2.75) is 44.5 Å². The number of hydrogen-bond donors (Lipinski definition) is 1. The molecule has 0 radical (unpaired) electrons. The van der Waals surface area contributed by atoms with E-state index < -0.39 is 39.2 Å². The fourth-order valence-corrected chi connectivity index (χ4v) is 3.64. The smallest absolute Gasteiger partial charge is 0.465 e. The molecule has 150 valence electrons. The van der Waals surface area contributed by atoms with Gasteiger partial charge in [0.15, 0.2) is 0 Å². The number of ether oxygens (including phenoxy) is 2. The Morgan fingerprint density at radius 1 is 1.19 bits per heavy atom.